The molecule has 20 heavy (non-hydrogen) atoms. The highest BCUT2D eigenvalue weighted by Crippen LogP contribution is 2.33. The fourth-order valence-corrected chi connectivity index (χ4v) is 3.33. The van der Waals surface area contributed by atoms with Crippen molar-refractivity contribution in [1.29, 1.82) is 0 Å². The van der Waals surface area contributed by atoms with E-state index in [-0.39, 0.29) is 24.4 Å². The predicted octanol–water partition coefficient (Wildman–Crippen LogP) is 2.03. The van der Waals surface area contributed by atoms with Gasteiger partial charge in [-0.3, -0.25) is 9.59 Å². The van der Waals surface area contributed by atoms with Gasteiger partial charge in [-0.25, -0.2) is 0 Å². The summed E-state index contributed by atoms with van der Waals surface area (Å²) in [6.45, 7) is 0.680. The molecule has 0 saturated carbocycles. The smallest absolute Gasteiger partial charge is 0.323 e. The van der Waals surface area contributed by atoms with Gasteiger partial charge in [0, 0.05) is 10.0 Å². The van der Waals surface area contributed by atoms with Crippen molar-refractivity contribution in [3.63, 3.8) is 0 Å². The molecule has 106 valence electrons. The highest BCUT2D eigenvalue weighted by atomic mass is 79.9. The Kier molecular flexibility index (Phi) is 3.89. The lowest BCUT2D eigenvalue weighted by Crippen LogP contribution is -2.33. The summed E-state index contributed by atoms with van der Waals surface area (Å²) in [5, 5.41) is 3.07. The van der Waals surface area contributed by atoms with Crippen molar-refractivity contribution in [3.05, 3.63) is 33.3 Å². The van der Waals surface area contributed by atoms with E-state index in [4.69, 9.17) is 4.74 Å². The molecule has 1 aliphatic heterocycles. The third kappa shape index (κ3) is 2.52. The Morgan fingerprint density at radius 1 is 1.30 bits per heavy atom. The summed E-state index contributed by atoms with van der Waals surface area (Å²) < 4.78 is 6.19. The molecule has 0 bridgehead atoms. The standard InChI is InChI=1S/C15H16BrNO3/c16-12-6-5-11(9-3-4-10(9)12)14(18)8-20-15(19)13-2-1-7-17-13/h5-6,13,17H,1-4,7-8H2/t13-/m0/s1. The maximum Gasteiger partial charge on any atom is 0.323 e. The monoisotopic (exact) mass is 337 g/mol. The van der Waals surface area contributed by atoms with Gasteiger partial charge < -0.3 is 10.1 Å². The summed E-state index contributed by atoms with van der Waals surface area (Å²) >= 11 is 3.48. The Hall–Kier alpha value is -1.20. The second kappa shape index (κ2) is 5.66. The normalized spacial score (nSPS) is 20.1. The topological polar surface area (TPSA) is 55.4 Å². The molecular formula is C15H16BrNO3. The second-order valence-electron chi connectivity index (χ2n) is 5.23. The number of rotatable bonds is 4. The van der Waals surface area contributed by atoms with E-state index < -0.39 is 0 Å². The van der Waals surface area contributed by atoms with Crippen molar-refractivity contribution >= 4 is 27.7 Å². The van der Waals surface area contributed by atoms with Gasteiger partial charge in [0.2, 0.25) is 5.78 Å². The molecule has 0 spiro atoms. The highest BCUT2D eigenvalue weighted by molar-refractivity contribution is 9.10. The lowest BCUT2D eigenvalue weighted by Gasteiger charge is -2.23. The fourth-order valence-electron chi connectivity index (χ4n) is 2.76. The summed E-state index contributed by atoms with van der Waals surface area (Å²) in [5.41, 5.74) is 3.00. The van der Waals surface area contributed by atoms with E-state index in [0.29, 0.717) is 5.56 Å². The first-order valence-electron chi connectivity index (χ1n) is 6.90. The first-order valence-corrected chi connectivity index (χ1v) is 7.69. The van der Waals surface area contributed by atoms with Gasteiger partial charge in [-0.15, -0.1) is 0 Å². The number of benzene rings is 1. The molecule has 0 aromatic heterocycles. The minimum atomic E-state index is -0.313. The zero-order valence-electron chi connectivity index (χ0n) is 11.1. The number of hydrogen-bond acceptors (Lipinski definition) is 4. The van der Waals surface area contributed by atoms with Gasteiger partial charge in [0.15, 0.2) is 6.61 Å². The van der Waals surface area contributed by atoms with Crippen molar-refractivity contribution in [2.24, 2.45) is 0 Å². The summed E-state index contributed by atoms with van der Waals surface area (Å²) in [6, 6.07) is 3.47. The molecular weight excluding hydrogens is 322 g/mol. The minimum Gasteiger partial charge on any atom is -0.456 e. The Bertz CT molecular complexity index is 564. The molecule has 1 N–H and O–H groups in total. The SMILES string of the molecule is O=C(COC(=O)[C@@H]1CCCN1)c1ccc(Br)c2c1CC2. The van der Waals surface area contributed by atoms with E-state index in [0.717, 1.165) is 42.3 Å². The van der Waals surface area contributed by atoms with Gasteiger partial charge in [0.1, 0.15) is 6.04 Å². The molecule has 1 aliphatic carbocycles. The molecule has 1 saturated heterocycles. The van der Waals surface area contributed by atoms with E-state index >= 15 is 0 Å². The maximum absolute atomic E-state index is 12.2. The number of hydrogen-bond donors (Lipinski definition) is 1. The molecule has 3 rings (SSSR count). The first kappa shape index (κ1) is 13.8. The average Bonchev–Trinajstić information content (AvgIpc) is 2.91. The van der Waals surface area contributed by atoms with Crippen LogP contribution in [0.25, 0.3) is 0 Å². The first-order chi connectivity index (χ1) is 9.66. The number of ether oxygens (including phenoxy) is 1. The van der Waals surface area contributed by atoms with Crippen LogP contribution in [0.2, 0.25) is 0 Å². The molecule has 0 radical (unpaired) electrons. The van der Waals surface area contributed by atoms with Crippen LogP contribution >= 0.6 is 15.9 Å². The molecule has 1 fully saturated rings. The van der Waals surface area contributed by atoms with E-state index in [2.05, 4.69) is 21.2 Å². The quantitative estimate of drug-likeness (QED) is 0.674. The Morgan fingerprint density at radius 3 is 2.75 bits per heavy atom. The van der Waals surface area contributed by atoms with Crippen molar-refractivity contribution in [1.82, 2.24) is 5.32 Å². The average molecular weight is 338 g/mol. The lowest BCUT2D eigenvalue weighted by atomic mass is 9.83. The number of halogens is 1. The van der Waals surface area contributed by atoms with Crippen molar-refractivity contribution in [2.75, 3.05) is 13.2 Å². The van der Waals surface area contributed by atoms with Gasteiger partial charge in [-0.05, 0) is 55.5 Å². The molecule has 0 unspecified atom stereocenters. The molecule has 1 heterocycles. The van der Waals surface area contributed by atoms with Crippen LogP contribution in [-0.2, 0) is 22.4 Å². The van der Waals surface area contributed by atoms with Crippen LogP contribution in [0.5, 0.6) is 0 Å². The zero-order valence-corrected chi connectivity index (χ0v) is 12.7. The molecule has 2 aliphatic rings. The maximum atomic E-state index is 12.2. The molecule has 1 aromatic rings. The Labute approximate surface area is 126 Å². The molecule has 4 nitrogen and oxygen atoms in total. The molecule has 1 aromatic carbocycles. The summed E-state index contributed by atoms with van der Waals surface area (Å²) in [6.07, 6.45) is 3.70. The number of carbonyl (C=O) groups excluding carboxylic acids is 2. The summed E-state index contributed by atoms with van der Waals surface area (Å²) in [4.78, 5) is 23.9. The lowest BCUT2D eigenvalue weighted by molar-refractivity contribution is -0.144. The third-order valence-corrected chi connectivity index (χ3v) is 4.73. The largest absolute Gasteiger partial charge is 0.456 e. The third-order valence-electron chi connectivity index (χ3n) is 3.99. The fraction of sp³-hybridized carbons (Fsp3) is 0.467. The van der Waals surface area contributed by atoms with Crippen LogP contribution in [0.15, 0.2) is 16.6 Å². The van der Waals surface area contributed by atoms with Gasteiger partial charge >= 0.3 is 5.97 Å². The van der Waals surface area contributed by atoms with Gasteiger partial charge in [-0.1, -0.05) is 15.9 Å². The van der Waals surface area contributed by atoms with E-state index in [1.54, 1.807) is 0 Å². The van der Waals surface area contributed by atoms with Crippen molar-refractivity contribution < 1.29 is 14.3 Å². The van der Waals surface area contributed by atoms with Gasteiger partial charge in [0.05, 0.1) is 0 Å². The summed E-state index contributed by atoms with van der Waals surface area (Å²) in [5.74, 6) is -0.424. The van der Waals surface area contributed by atoms with Crippen LogP contribution in [0.4, 0.5) is 0 Å². The summed E-state index contributed by atoms with van der Waals surface area (Å²) in [7, 11) is 0. The number of esters is 1. The van der Waals surface area contributed by atoms with E-state index in [1.165, 1.54) is 5.56 Å². The zero-order chi connectivity index (χ0) is 14.1. The predicted molar refractivity (Wildman–Crippen MR) is 77.9 cm³/mol. The van der Waals surface area contributed by atoms with Crippen LogP contribution in [0.3, 0.4) is 0 Å². The van der Waals surface area contributed by atoms with Crippen LogP contribution < -0.4 is 5.32 Å². The number of fused-ring (bicyclic) bond motifs is 1. The van der Waals surface area contributed by atoms with Gasteiger partial charge in [0.25, 0.3) is 0 Å². The Balaban J connectivity index is 1.62. The van der Waals surface area contributed by atoms with Crippen LogP contribution in [0, 0.1) is 0 Å². The number of nitrogens with one attached hydrogen (secondary N) is 1. The number of ketones is 1. The van der Waals surface area contributed by atoms with E-state index in [9.17, 15) is 9.59 Å². The molecule has 0 amide bonds. The van der Waals surface area contributed by atoms with Crippen molar-refractivity contribution in [3.8, 4) is 0 Å². The number of Topliss-reactive ketones (excluding diaryl/α,β-unsaturated/α-hetero) is 1. The van der Waals surface area contributed by atoms with Crippen LogP contribution in [0.1, 0.15) is 34.3 Å². The Morgan fingerprint density at radius 2 is 2.10 bits per heavy atom. The minimum absolute atomic E-state index is 0.111. The molecule has 5 heteroatoms. The highest BCUT2D eigenvalue weighted by Gasteiger charge is 2.26. The van der Waals surface area contributed by atoms with Crippen molar-refractivity contribution in [2.45, 2.75) is 31.7 Å². The van der Waals surface area contributed by atoms with E-state index in [1.807, 2.05) is 12.1 Å². The van der Waals surface area contributed by atoms with Crippen LogP contribution in [-0.4, -0.2) is 30.9 Å². The molecule has 1 atom stereocenters. The number of carbonyl (C=O) groups is 2. The van der Waals surface area contributed by atoms with Gasteiger partial charge in [-0.2, -0.15) is 0 Å². The second-order valence-corrected chi connectivity index (χ2v) is 6.09.